The Bertz CT molecular complexity index is 686. The highest BCUT2D eigenvalue weighted by molar-refractivity contribution is 5.89. The highest BCUT2D eigenvalue weighted by Crippen LogP contribution is 2.11. The first kappa shape index (κ1) is 17.5. The summed E-state index contributed by atoms with van der Waals surface area (Å²) in [5, 5.41) is 2.98. The van der Waals surface area contributed by atoms with Crippen molar-refractivity contribution in [3.05, 3.63) is 48.0 Å². The van der Waals surface area contributed by atoms with E-state index in [1.54, 1.807) is 0 Å². The maximum absolute atomic E-state index is 12.4. The summed E-state index contributed by atoms with van der Waals surface area (Å²) in [7, 11) is 0. The summed E-state index contributed by atoms with van der Waals surface area (Å²) in [5.74, 6) is 1.14. The summed E-state index contributed by atoms with van der Waals surface area (Å²) in [5.41, 5.74) is 2.04. The smallest absolute Gasteiger partial charge is 0.321 e. The molecular formula is C19H27N5O. The number of aromatic nitrogens is 2. The van der Waals surface area contributed by atoms with E-state index in [9.17, 15) is 4.79 Å². The van der Waals surface area contributed by atoms with Gasteiger partial charge in [-0.15, -0.1) is 0 Å². The highest BCUT2D eigenvalue weighted by atomic mass is 16.2. The number of anilines is 1. The zero-order chi connectivity index (χ0) is 17.6. The topological polar surface area (TPSA) is 53.4 Å². The number of piperazine rings is 1. The van der Waals surface area contributed by atoms with E-state index in [-0.39, 0.29) is 6.03 Å². The van der Waals surface area contributed by atoms with Gasteiger partial charge in [-0.2, -0.15) is 0 Å². The maximum Gasteiger partial charge on any atom is 0.321 e. The quantitative estimate of drug-likeness (QED) is 0.909. The van der Waals surface area contributed by atoms with E-state index in [0.29, 0.717) is 0 Å². The average Bonchev–Trinajstić information content (AvgIpc) is 3.10. The number of hydrogen-bond acceptors (Lipinski definition) is 3. The van der Waals surface area contributed by atoms with Crippen LogP contribution in [0.5, 0.6) is 0 Å². The van der Waals surface area contributed by atoms with Crippen LogP contribution in [0, 0.1) is 6.92 Å². The van der Waals surface area contributed by atoms with E-state index >= 15 is 0 Å². The van der Waals surface area contributed by atoms with Crippen molar-refractivity contribution in [2.24, 2.45) is 0 Å². The Balaban J connectivity index is 1.43. The van der Waals surface area contributed by atoms with Crippen molar-refractivity contribution in [2.75, 3.05) is 38.0 Å². The monoisotopic (exact) mass is 341 g/mol. The van der Waals surface area contributed by atoms with Crippen LogP contribution < -0.4 is 5.32 Å². The number of amides is 2. The zero-order valence-corrected chi connectivity index (χ0v) is 15.1. The average molecular weight is 341 g/mol. The second kappa shape index (κ2) is 8.16. The van der Waals surface area contributed by atoms with Gasteiger partial charge in [-0.1, -0.05) is 24.6 Å². The lowest BCUT2D eigenvalue weighted by molar-refractivity contribution is 0.144. The van der Waals surface area contributed by atoms with Crippen molar-refractivity contribution in [2.45, 2.75) is 26.8 Å². The van der Waals surface area contributed by atoms with E-state index in [2.05, 4.69) is 26.7 Å². The normalized spacial score (nSPS) is 15.4. The van der Waals surface area contributed by atoms with Gasteiger partial charge in [-0.05, 0) is 19.1 Å². The van der Waals surface area contributed by atoms with E-state index in [1.165, 1.54) is 5.56 Å². The Hall–Kier alpha value is -2.34. The van der Waals surface area contributed by atoms with Gasteiger partial charge in [0.05, 0.1) is 0 Å². The third-order valence-corrected chi connectivity index (χ3v) is 4.74. The largest absolute Gasteiger partial charge is 0.334 e. The molecule has 1 fully saturated rings. The van der Waals surface area contributed by atoms with Crippen LogP contribution in [0.3, 0.4) is 0 Å². The minimum atomic E-state index is -0.00798. The second-order valence-electron chi connectivity index (χ2n) is 6.52. The van der Waals surface area contributed by atoms with Crippen molar-refractivity contribution in [1.82, 2.24) is 19.4 Å². The molecule has 0 atom stereocenters. The molecule has 0 unspecified atom stereocenters. The lowest BCUT2D eigenvalue weighted by atomic mass is 10.2. The molecule has 0 spiro atoms. The Morgan fingerprint density at radius 1 is 1.12 bits per heavy atom. The van der Waals surface area contributed by atoms with Crippen molar-refractivity contribution < 1.29 is 4.79 Å². The van der Waals surface area contributed by atoms with Crippen LogP contribution in [0.2, 0.25) is 0 Å². The van der Waals surface area contributed by atoms with Gasteiger partial charge in [0.15, 0.2) is 0 Å². The minimum Gasteiger partial charge on any atom is -0.334 e. The van der Waals surface area contributed by atoms with Crippen LogP contribution in [0.4, 0.5) is 10.5 Å². The summed E-state index contributed by atoms with van der Waals surface area (Å²) in [6.45, 7) is 9.48. The number of nitrogens with one attached hydrogen (secondary N) is 1. The number of carbonyl (C=O) groups excluding carboxylic acids is 1. The number of urea groups is 1. The molecule has 1 aliphatic heterocycles. The molecule has 0 saturated carbocycles. The fraction of sp³-hybridized carbons (Fsp3) is 0.474. The molecule has 1 N–H and O–H groups in total. The Labute approximate surface area is 149 Å². The first-order valence-electron chi connectivity index (χ1n) is 9.00. The maximum atomic E-state index is 12.4. The fourth-order valence-electron chi connectivity index (χ4n) is 3.12. The SMILES string of the molecule is CCc1nccn1CCN1CCN(C(=O)Nc2ccc(C)cc2)CC1. The number of carbonyl (C=O) groups is 1. The minimum absolute atomic E-state index is 0.00798. The molecule has 2 heterocycles. The molecule has 2 aromatic rings. The van der Waals surface area contributed by atoms with Gasteiger partial charge >= 0.3 is 6.03 Å². The second-order valence-corrected chi connectivity index (χ2v) is 6.52. The molecule has 1 aromatic heterocycles. The number of imidazole rings is 1. The van der Waals surface area contributed by atoms with Crippen LogP contribution >= 0.6 is 0 Å². The molecule has 1 aromatic carbocycles. The number of nitrogens with zero attached hydrogens (tertiary/aromatic N) is 4. The Kier molecular flexibility index (Phi) is 5.71. The molecule has 6 heteroatoms. The van der Waals surface area contributed by atoms with Crippen LogP contribution in [-0.2, 0) is 13.0 Å². The predicted octanol–water partition coefficient (Wildman–Crippen LogP) is 2.60. The first-order valence-corrected chi connectivity index (χ1v) is 9.00. The van der Waals surface area contributed by atoms with Crippen LogP contribution in [0.25, 0.3) is 0 Å². The number of aryl methyl sites for hydroxylation is 2. The van der Waals surface area contributed by atoms with Gasteiger partial charge in [0.25, 0.3) is 0 Å². The van der Waals surface area contributed by atoms with E-state index in [4.69, 9.17) is 0 Å². The number of benzene rings is 1. The summed E-state index contributed by atoms with van der Waals surface area (Å²) < 4.78 is 2.22. The van der Waals surface area contributed by atoms with Crippen LogP contribution in [0.15, 0.2) is 36.7 Å². The summed E-state index contributed by atoms with van der Waals surface area (Å²) in [6, 6.07) is 7.90. The highest BCUT2D eigenvalue weighted by Gasteiger charge is 2.21. The first-order chi connectivity index (χ1) is 12.2. The zero-order valence-electron chi connectivity index (χ0n) is 15.1. The van der Waals surface area contributed by atoms with E-state index in [1.807, 2.05) is 48.5 Å². The van der Waals surface area contributed by atoms with Gasteiger partial charge in [0.1, 0.15) is 5.82 Å². The standard InChI is InChI=1S/C19H27N5O/c1-3-18-20-8-9-23(18)13-10-22-11-14-24(15-12-22)19(25)21-17-6-4-16(2)5-7-17/h4-9H,3,10-15H2,1-2H3,(H,21,25). The predicted molar refractivity (Wildman–Crippen MR) is 99.8 cm³/mol. The van der Waals surface area contributed by atoms with Crippen molar-refractivity contribution >= 4 is 11.7 Å². The fourth-order valence-corrected chi connectivity index (χ4v) is 3.12. The molecule has 1 aliphatic rings. The van der Waals surface area contributed by atoms with E-state index in [0.717, 1.165) is 57.2 Å². The van der Waals surface area contributed by atoms with E-state index < -0.39 is 0 Å². The van der Waals surface area contributed by atoms with Crippen molar-refractivity contribution in [1.29, 1.82) is 0 Å². The molecule has 0 aliphatic carbocycles. The Morgan fingerprint density at radius 2 is 1.84 bits per heavy atom. The molecule has 134 valence electrons. The molecule has 2 amide bonds. The summed E-state index contributed by atoms with van der Waals surface area (Å²) >= 11 is 0. The van der Waals surface area contributed by atoms with Gasteiger partial charge < -0.3 is 14.8 Å². The summed E-state index contributed by atoms with van der Waals surface area (Å²) in [4.78, 5) is 21.0. The van der Waals surface area contributed by atoms with Crippen molar-refractivity contribution in [3.8, 4) is 0 Å². The van der Waals surface area contributed by atoms with Gasteiger partial charge in [-0.25, -0.2) is 9.78 Å². The molecule has 0 radical (unpaired) electrons. The third kappa shape index (κ3) is 4.60. The van der Waals surface area contributed by atoms with Crippen molar-refractivity contribution in [3.63, 3.8) is 0 Å². The molecule has 0 bridgehead atoms. The number of hydrogen-bond donors (Lipinski definition) is 1. The lowest BCUT2D eigenvalue weighted by Crippen LogP contribution is -2.50. The van der Waals surface area contributed by atoms with Gasteiger partial charge in [0.2, 0.25) is 0 Å². The number of rotatable bonds is 5. The molecular weight excluding hydrogens is 314 g/mol. The third-order valence-electron chi connectivity index (χ3n) is 4.74. The summed E-state index contributed by atoms with van der Waals surface area (Å²) in [6.07, 6.45) is 4.87. The molecule has 3 rings (SSSR count). The molecule has 6 nitrogen and oxygen atoms in total. The Morgan fingerprint density at radius 3 is 2.52 bits per heavy atom. The van der Waals surface area contributed by atoms with Crippen LogP contribution in [-0.4, -0.2) is 58.1 Å². The van der Waals surface area contributed by atoms with Gasteiger partial charge in [0, 0.05) is 63.8 Å². The molecule has 1 saturated heterocycles. The van der Waals surface area contributed by atoms with Crippen LogP contribution in [0.1, 0.15) is 18.3 Å². The molecule has 25 heavy (non-hydrogen) atoms. The lowest BCUT2D eigenvalue weighted by Gasteiger charge is -2.34. The van der Waals surface area contributed by atoms with Gasteiger partial charge in [-0.3, -0.25) is 4.90 Å².